The number of nitrogens with zero attached hydrogens (tertiary/aromatic N) is 1. The number of carbonyl (C=O) groups is 2. The molecule has 5 nitrogen and oxygen atoms in total. The van der Waals surface area contributed by atoms with E-state index in [9.17, 15) is 9.59 Å². The first-order valence-corrected chi connectivity index (χ1v) is 7.68. The maximum absolute atomic E-state index is 12.6. The number of ether oxygens (including phenoxy) is 1. The highest BCUT2D eigenvalue weighted by atomic mass is 16.5. The van der Waals surface area contributed by atoms with Crippen molar-refractivity contribution in [1.82, 2.24) is 4.90 Å². The average Bonchev–Trinajstić information content (AvgIpc) is 2.44. The Bertz CT molecular complexity index is 331. The standard InChI is InChI=1S/C15H28N2O3/c1-4-20-15(19)13-7-5-6-8-17(13)14(18)12(10-16)9-11(2)3/h11-13H,4-10,16H2,1-3H3. The van der Waals surface area contributed by atoms with E-state index in [0.29, 0.717) is 32.0 Å². The maximum atomic E-state index is 12.6. The molecule has 1 aliphatic heterocycles. The lowest BCUT2D eigenvalue weighted by atomic mass is 9.93. The van der Waals surface area contributed by atoms with Gasteiger partial charge in [0.05, 0.1) is 12.5 Å². The van der Waals surface area contributed by atoms with Crippen molar-refractivity contribution in [2.75, 3.05) is 19.7 Å². The van der Waals surface area contributed by atoms with Gasteiger partial charge in [-0.2, -0.15) is 0 Å². The van der Waals surface area contributed by atoms with Crippen LogP contribution in [-0.4, -0.2) is 42.5 Å². The number of nitrogens with two attached hydrogens (primary N) is 1. The smallest absolute Gasteiger partial charge is 0.328 e. The number of likely N-dealkylation sites (tertiary alicyclic amines) is 1. The maximum Gasteiger partial charge on any atom is 0.328 e. The first-order chi connectivity index (χ1) is 9.51. The van der Waals surface area contributed by atoms with Gasteiger partial charge in [0, 0.05) is 13.1 Å². The molecule has 0 aromatic carbocycles. The minimum atomic E-state index is -0.419. The fraction of sp³-hybridized carbons (Fsp3) is 0.867. The number of carbonyl (C=O) groups excluding carboxylic acids is 2. The topological polar surface area (TPSA) is 72.6 Å². The van der Waals surface area contributed by atoms with Gasteiger partial charge in [-0.05, 0) is 38.5 Å². The highest BCUT2D eigenvalue weighted by molar-refractivity contribution is 5.86. The SMILES string of the molecule is CCOC(=O)C1CCCCN1C(=O)C(CN)CC(C)C. The van der Waals surface area contributed by atoms with Gasteiger partial charge in [0.15, 0.2) is 0 Å². The normalized spacial score (nSPS) is 20.9. The Labute approximate surface area is 121 Å². The van der Waals surface area contributed by atoms with Crippen LogP contribution in [0.1, 0.15) is 46.5 Å². The van der Waals surface area contributed by atoms with E-state index in [1.807, 2.05) is 0 Å². The molecule has 1 amide bonds. The minimum Gasteiger partial charge on any atom is -0.464 e. The van der Waals surface area contributed by atoms with Crippen molar-refractivity contribution in [3.05, 3.63) is 0 Å². The van der Waals surface area contributed by atoms with Crippen LogP contribution in [-0.2, 0) is 14.3 Å². The molecule has 0 saturated carbocycles. The van der Waals surface area contributed by atoms with Gasteiger partial charge < -0.3 is 15.4 Å². The second-order valence-corrected chi connectivity index (χ2v) is 5.86. The zero-order chi connectivity index (χ0) is 15.1. The summed E-state index contributed by atoms with van der Waals surface area (Å²) >= 11 is 0. The van der Waals surface area contributed by atoms with E-state index in [-0.39, 0.29) is 17.8 Å². The average molecular weight is 284 g/mol. The van der Waals surface area contributed by atoms with Crippen LogP contribution in [0.15, 0.2) is 0 Å². The van der Waals surface area contributed by atoms with Crippen LogP contribution in [0.25, 0.3) is 0 Å². The van der Waals surface area contributed by atoms with E-state index in [1.165, 1.54) is 0 Å². The van der Waals surface area contributed by atoms with Crippen LogP contribution in [0.5, 0.6) is 0 Å². The largest absolute Gasteiger partial charge is 0.464 e. The van der Waals surface area contributed by atoms with Gasteiger partial charge in [-0.15, -0.1) is 0 Å². The molecule has 2 unspecified atom stereocenters. The Hall–Kier alpha value is -1.10. The summed E-state index contributed by atoms with van der Waals surface area (Å²) in [6.07, 6.45) is 3.37. The minimum absolute atomic E-state index is 0.0129. The third-order valence-corrected chi connectivity index (χ3v) is 3.73. The number of hydrogen-bond acceptors (Lipinski definition) is 4. The third-order valence-electron chi connectivity index (χ3n) is 3.73. The van der Waals surface area contributed by atoms with Crippen molar-refractivity contribution in [1.29, 1.82) is 0 Å². The monoisotopic (exact) mass is 284 g/mol. The number of esters is 1. The van der Waals surface area contributed by atoms with Crippen molar-refractivity contribution in [3.63, 3.8) is 0 Å². The molecule has 0 bridgehead atoms. The fourth-order valence-corrected chi connectivity index (χ4v) is 2.78. The van der Waals surface area contributed by atoms with Crippen molar-refractivity contribution in [3.8, 4) is 0 Å². The van der Waals surface area contributed by atoms with E-state index in [2.05, 4.69) is 13.8 Å². The molecule has 1 fully saturated rings. The van der Waals surface area contributed by atoms with E-state index >= 15 is 0 Å². The molecule has 0 spiro atoms. The lowest BCUT2D eigenvalue weighted by molar-refractivity contribution is -0.158. The molecule has 5 heteroatoms. The first-order valence-electron chi connectivity index (χ1n) is 7.68. The van der Waals surface area contributed by atoms with Crippen LogP contribution in [0.2, 0.25) is 0 Å². The number of hydrogen-bond donors (Lipinski definition) is 1. The Balaban J connectivity index is 2.77. The highest BCUT2D eigenvalue weighted by Gasteiger charge is 2.35. The van der Waals surface area contributed by atoms with E-state index < -0.39 is 6.04 Å². The molecule has 2 atom stereocenters. The predicted molar refractivity (Wildman–Crippen MR) is 78.0 cm³/mol. The molecule has 1 aliphatic rings. The Morgan fingerprint density at radius 3 is 2.60 bits per heavy atom. The molecule has 20 heavy (non-hydrogen) atoms. The zero-order valence-corrected chi connectivity index (χ0v) is 12.9. The van der Waals surface area contributed by atoms with Gasteiger partial charge in [0.25, 0.3) is 0 Å². The summed E-state index contributed by atoms with van der Waals surface area (Å²) in [5, 5.41) is 0. The molecule has 116 valence electrons. The number of piperidine rings is 1. The zero-order valence-electron chi connectivity index (χ0n) is 12.9. The molecule has 0 radical (unpaired) electrons. The van der Waals surface area contributed by atoms with Crippen LogP contribution in [0.4, 0.5) is 0 Å². The highest BCUT2D eigenvalue weighted by Crippen LogP contribution is 2.22. The summed E-state index contributed by atoms with van der Waals surface area (Å²) in [6, 6.07) is -0.419. The Kier molecular flexibility index (Phi) is 6.99. The molecule has 1 heterocycles. The van der Waals surface area contributed by atoms with Gasteiger partial charge in [0.2, 0.25) is 5.91 Å². The van der Waals surface area contributed by atoms with Crippen molar-refractivity contribution in [2.24, 2.45) is 17.6 Å². The van der Waals surface area contributed by atoms with Gasteiger partial charge in [-0.3, -0.25) is 4.79 Å². The lowest BCUT2D eigenvalue weighted by Crippen LogP contribution is -2.51. The van der Waals surface area contributed by atoms with Crippen LogP contribution < -0.4 is 5.73 Å². The van der Waals surface area contributed by atoms with Gasteiger partial charge in [0.1, 0.15) is 6.04 Å². The van der Waals surface area contributed by atoms with Crippen molar-refractivity contribution >= 4 is 11.9 Å². The number of rotatable bonds is 6. The summed E-state index contributed by atoms with van der Waals surface area (Å²) < 4.78 is 5.09. The van der Waals surface area contributed by atoms with E-state index in [1.54, 1.807) is 11.8 Å². The molecule has 1 rings (SSSR count). The molecule has 1 saturated heterocycles. The van der Waals surface area contributed by atoms with Gasteiger partial charge in [-0.1, -0.05) is 13.8 Å². The summed E-state index contributed by atoms with van der Waals surface area (Å²) in [7, 11) is 0. The second-order valence-electron chi connectivity index (χ2n) is 5.86. The van der Waals surface area contributed by atoms with Crippen LogP contribution in [0.3, 0.4) is 0 Å². The summed E-state index contributed by atoms with van der Waals surface area (Å²) in [5.41, 5.74) is 5.75. The predicted octanol–water partition coefficient (Wildman–Crippen LogP) is 1.55. The first kappa shape index (κ1) is 17.0. The molecule has 2 N–H and O–H groups in total. The second kappa shape index (κ2) is 8.25. The Morgan fingerprint density at radius 2 is 2.05 bits per heavy atom. The summed E-state index contributed by atoms with van der Waals surface area (Å²) in [5.74, 6) is -0.0387. The van der Waals surface area contributed by atoms with Crippen LogP contribution >= 0.6 is 0 Å². The third kappa shape index (κ3) is 4.47. The molecule has 0 aliphatic carbocycles. The molecule has 0 aromatic rings. The summed E-state index contributed by atoms with van der Waals surface area (Å²) in [4.78, 5) is 26.3. The van der Waals surface area contributed by atoms with Gasteiger partial charge >= 0.3 is 5.97 Å². The van der Waals surface area contributed by atoms with Crippen molar-refractivity contribution in [2.45, 2.75) is 52.5 Å². The molecule has 0 aromatic heterocycles. The van der Waals surface area contributed by atoms with E-state index in [0.717, 1.165) is 19.3 Å². The van der Waals surface area contributed by atoms with Gasteiger partial charge in [-0.25, -0.2) is 4.79 Å². The summed E-state index contributed by atoms with van der Waals surface area (Å²) in [6.45, 7) is 7.27. The van der Waals surface area contributed by atoms with E-state index in [4.69, 9.17) is 10.5 Å². The quantitative estimate of drug-likeness (QED) is 0.751. The number of amides is 1. The molecular weight excluding hydrogens is 256 g/mol. The Morgan fingerprint density at radius 1 is 1.35 bits per heavy atom. The van der Waals surface area contributed by atoms with Crippen LogP contribution in [0, 0.1) is 11.8 Å². The molecular formula is C15H28N2O3. The fourth-order valence-electron chi connectivity index (χ4n) is 2.78. The van der Waals surface area contributed by atoms with Crippen molar-refractivity contribution < 1.29 is 14.3 Å². The lowest BCUT2D eigenvalue weighted by Gasteiger charge is -2.36.